The van der Waals surface area contributed by atoms with Gasteiger partial charge in [-0.15, -0.1) is 0 Å². The molecule has 25 heavy (non-hydrogen) atoms. The van der Waals surface area contributed by atoms with Crippen LogP contribution in [-0.2, 0) is 16.5 Å². The second kappa shape index (κ2) is 8.31. The monoisotopic (exact) mass is 346 g/mol. The van der Waals surface area contributed by atoms with E-state index in [1.165, 1.54) is 6.42 Å². The Labute approximate surface area is 147 Å². The molecule has 1 atom stereocenters. The van der Waals surface area contributed by atoms with Crippen LogP contribution in [-0.4, -0.2) is 55.0 Å². The second-order valence-corrected chi connectivity index (χ2v) is 6.32. The van der Waals surface area contributed by atoms with E-state index in [0.717, 1.165) is 36.4 Å². The fourth-order valence-electron chi connectivity index (χ4n) is 3.04. The number of imidazole rings is 1. The van der Waals surface area contributed by atoms with Gasteiger partial charge in [0.25, 0.3) is 5.91 Å². The van der Waals surface area contributed by atoms with Gasteiger partial charge in [0.15, 0.2) is 0 Å². The van der Waals surface area contributed by atoms with Gasteiger partial charge in [0.2, 0.25) is 5.95 Å². The molecule has 2 N–H and O–H groups in total. The van der Waals surface area contributed by atoms with Crippen LogP contribution in [0.5, 0.6) is 0 Å². The number of carbonyl (C=O) groups excluding carboxylic acids is 1. The summed E-state index contributed by atoms with van der Waals surface area (Å²) < 4.78 is 12.7. The molecular formula is C18H26N4O3. The Bertz CT molecular complexity index is 722. The average Bonchev–Trinajstić information content (AvgIpc) is 2.96. The Morgan fingerprint density at radius 1 is 1.44 bits per heavy atom. The molecule has 0 bridgehead atoms. The van der Waals surface area contributed by atoms with Crippen molar-refractivity contribution >= 4 is 22.9 Å². The van der Waals surface area contributed by atoms with Gasteiger partial charge in [-0.3, -0.25) is 4.79 Å². The molecule has 1 aliphatic heterocycles. The molecule has 1 aliphatic rings. The highest BCUT2D eigenvalue weighted by molar-refractivity contribution is 5.97. The van der Waals surface area contributed by atoms with Crippen molar-refractivity contribution in [3.05, 3.63) is 23.8 Å². The van der Waals surface area contributed by atoms with Crippen molar-refractivity contribution in [2.75, 3.05) is 38.7 Å². The van der Waals surface area contributed by atoms with Crippen LogP contribution in [0.15, 0.2) is 18.2 Å². The molecule has 7 nitrogen and oxygen atoms in total. The topological polar surface area (TPSA) is 77.4 Å². The molecule has 1 aromatic carbocycles. The first-order valence-electron chi connectivity index (χ1n) is 8.78. The van der Waals surface area contributed by atoms with E-state index in [9.17, 15) is 4.79 Å². The molecule has 2 aromatic rings. The maximum Gasteiger partial charge on any atom is 0.251 e. The van der Waals surface area contributed by atoms with E-state index in [1.54, 1.807) is 7.11 Å². The lowest BCUT2D eigenvalue weighted by atomic mass is 10.1. The SMILES string of the molecule is COCCNc1nc2cc(C(=O)NC[C@@H]3CCCCO3)ccc2n1C. The van der Waals surface area contributed by atoms with E-state index in [-0.39, 0.29) is 12.0 Å². The van der Waals surface area contributed by atoms with Gasteiger partial charge in [-0.05, 0) is 37.5 Å². The van der Waals surface area contributed by atoms with Crippen molar-refractivity contribution in [1.29, 1.82) is 0 Å². The van der Waals surface area contributed by atoms with Crippen LogP contribution >= 0.6 is 0 Å². The van der Waals surface area contributed by atoms with Crippen LogP contribution < -0.4 is 10.6 Å². The van der Waals surface area contributed by atoms with E-state index in [4.69, 9.17) is 9.47 Å². The highest BCUT2D eigenvalue weighted by atomic mass is 16.5. The number of benzene rings is 1. The smallest absolute Gasteiger partial charge is 0.251 e. The summed E-state index contributed by atoms with van der Waals surface area (Å²) in [6.45, 7) is 2.64. The van der Waals surface area contributed by atoms with Gasteiger partial charge < -0.3 is 24.7 Å². The van der Waals surface area contributed by atoms with Crippen molar-refractivity contribution in [2.45, 2.75) is 25.4 Å². The van der Waals surface area contributed by atoms with Crippen LogP contribution in [0, 0.1) is 0 Å². The maximum absolute atomic E-state index is 12.4. The van der Waals surface area contributed by atoms with Crippen LogP contribution in [0.2, 0.25) is 0 Å². The highest BCUT2D eigenvalue weighted by Gasteiger charge is 2.16. The molecule has 136 valence electrons. The molecule has 0 aliphatic carbocycles. The number of rotatable bonds is 7. The number of nitrogens with one attached hydrogen (secondary N) is 2. The number of fused-ring (bicyclic) bond motifs is 1. The molecule has 1 aromatic heterocycles. The van der Waals surface area contributed by atoms with Gasteiger partial charge in [-0.1, -0.05) is 0 Å². The Kier molecular flexibility index (Phi) is 5.88. The summed E-state index contributed by atoms with van der Waals surface area (Å²) in [6, 6.07) is 5.59. The minimum absolute atomic E-state index is 0.0874. The van der Waals surface area contributed by atoms with Gasteiger partial charge in [0, 0.05) is 39.4 Å². The highest BCUT2D eigenvalue weighted by Crippen LogP contribution is 2.20. The molecule has 1 fully saturated rings. The van der Waals surface area contributed by atoms with Crippen molar-refractivity contribution in [3.8, 4) is 0 Å². The number of ether oxygens (including phenoxy) is 2. The summed E-state index contributed by atoms with van der Waals surface area (Å²) in [7, 11) is 3.62. The van der Waals surface area contributed by atoms with Crippen LogP contribution in [0.1, 0.15) is 29.6 Å². The summed E-state index contributed by atoms with van der Waals surface area (Å²) in [6.07, 6.45) is 3.42. The Morgan fingerprint density at radius 3 is 3.08 bits per heavy atom. The van der Waals surface area contributed by atoms with Crippen LogP contribution in [0.25, 0.3) is 11.0 Å². The van der Waals surface area contributed by atoms with Gasteiger partial charge in [-0.2, -0.15) is 0 Å². The summed E-state index contributed by atoms with van der Waals surface area (Å²) in [5, 5.41) is 6.20. The predicted octanol–water partition coefficient (Wildman–Crippen LogP) is 1.93. The molecule has 2 heterocycles. The quantitative estimate of drug-likeness (QED) is 0.749. The standard InChI is InChI=1S/C18H26N4O3/c1-22-16-7-6-13(11-15(16)21-18(22)19-8-10-24-2)17(23)20-12-14-5-3-4-9-25-14/h6-7,11,14H,3-5,8-10,12H2,1-2H3,(H,19,21)(H,20,23)/t14-/m0/s1. The molecule has 0 spiro atoms. The van der Waals surface area contributed by atoms with Gasteiger partial charge in [-0.25, -0.2) is 4.98 Å². The van der Waals surface area contributed by atoms with Crippen molar-refractivity contribution in [2.24, 2.45) is 7.05 Å². The van der Waals surface area contributed by atoms with E-state index in [1.807, 2.05) is 29.8 Å². The number of hydrogen-bond donors (Lipinski definition) is 2. The van der Waals surface area contributed by atoms with E-state index < -0.39 is 0 Å². The molecule has 1 amide bonds. The maximum atomic E-state index is 12.4. The number of methoxy groups -OCH3 is 1. The zero-order valence-corrected chi connectivity index (χ0v) is 14.9. The summed E-state index contributed by atoms with van der Waals surface area (Å²) >= 11 is 0. The first-order valence-corrected chi connectivity index (χ1v) is 8.78. The number of amides is 1. The van der Waals surface area contributed by atoms with Crippen LogP contribution in [0.4, 0.5) is 5.95 Å². The number of hydrogen-bond acceptors (Lipinski definition) is 5. The molecule has 0 unspecified atom stereocenters. The van der Waals surface area contributed by atoms with Gasteiger partial charge in [0.05, 0.1) is 23.7 Å². The first kappa shape index (κ1) is 17.7. The lowest BCUT2D eigenvalue weighted by Gasteiger charge is -2.22. The zero-order chi connectivity index (χ0) is 17.6. The van der Waals surface area contributed by atoms with Gasteiger partial charge in [0.1, 0.15) is 0 Å². The summed E-state index contributed by atoms with van der Waals surface area (Å²) in [5.74, 6) is 0.677. The molecule has 1 saturated heterocycles. The molecular weight excluding hydrogens is 320 g/mol. The van der Waals surface area contributed by atoms with E-state index in [0.29, 0.717) is 25.3 Å². The summed E-state index contributed by atoms with van der Waals surface area (Å²) in [4.78, 5) is 17.0. The Balaban J connectivity index is 1.66. The number of aryl methyl sites for hydroxylation is 1. The second-order valence-electron chi connectivity index (χ2n) is 6.32. The number of nitrogens with zero attached hydrogens (tertiary/aromatic N) is 2. The van der Waals surface area contributed by atoms with Crippen molar-refractivity contribution in [3.63, 3.8) is 0 Å². The molecule has 7 heteroatoms. The third-order valence-electron chi connectivity index (χ3n) is 4.50. The molecule has 0 saturated carbocycles. The lowest BCUT2D eigenvalue weighted by Crippen LogP contribution is -2.35. The number of carbonyl (C=O) groups is 1. The fourth-order valence-corrected chi connectivity index (χ4v) is 3.04. The first-order chi connectivity index (χ1) is 12.2. The van der Waals surface area contributed by atoms with E-state index >= 15 is 0 Å². The van der Waals surface area contributed by atoms with Gasteiger partial charge >= 0.3 is 0 Å². The third kappa shape index (κ3) is 4.29. The Morgan fingerprint density at radius 2 is 2.32 bits per heavy atom. The normalized spacial score (nSPS) is 17.6. The minimum atomic E-state index is -0.0874. The molecule has 3 rings (SSSR count). The largest absolute Gasteiger partial charge is 0.383 e. The third-order valence-corrected chi connectivity index (χ3v) is 4.50. The van der Waals surface area contributed by atoms with Crippen LogP contribution in [0.3, 0.4) is 0 Å². The number of anilines is 1. The lowest BCUT2D eigenvalue weighted by molar-refractivity contribution is 0.0169. The zero-order valence-electron chi connectivity index (χ0n) is 14.9. The summed E-state index contributed by atoms with van der Waals surface area (Å²) in [5.41, 5.74) is 2.39. The molecule has 0 radical (unpaired) electrons. The number of aromatic nitrogens is 2. The van der Waals surface area contributed by atoms with Crippen molar-refractivity contribution < 1.29 is 14.3 Å². The minimum Gasteiger partial charge on any atom is -0.383 e. The van der Waals surface area contributed by atoms with Crippen molar-refractivity contribution in [1.82, 2.24) is 14.9 Å². The van der Waals surface area contributed by atoms with E-state index in [2.05, 4.69) is 15.6 Å². The fraction of sp³-hybridized carbons (Fsp3) is 0.556. The Hall–Kier alpha value is -2.12. The predicted molar refractivity (Wildman–Crippen MR) is 97.0 cm³/mol. The average molecular weight is 346 g/mol.